The Bertz CT molecular complexity index is 1010. The van der Waals surface area contributed by atoms with E-state index in [1.165, 1.54) is 17.3 Å². The van der Waals surface area contributed by atoms with Crippen molar-refractivity contribution in [3.05, 3.63) is 68.0 Å². The lowest BCUT2D eigenvalue weighted by Gasteiger charge is -2.18. The van der Waals surface area contributed by atoms with Gasteiger partial charge in [0.2, 0.25) is 0 Å². The Balaban J connectivity index is 1.47. The van der Waals surface area contributed by atoms with Crippen LogP contribution in [0.15, 0.2) is 41.3 Å². The molecular formula is C23H21Cl2NO3S2. The van der Waals surface area contributed by atoms with Gasteiger partial charge in [-0.2, -0.15) is 0 Å². The summed E-state index contributed by atoms with van der Waals surface area (Å²) in [6.45, 7) is 3.63. The topological polar surface area (TPSA) is 38.8 Å². The van der Waals surface area contributed by atoms with Crippen LogP contribution >= 0.6 is 47.2 Å². The van der Waals surface area contributed by atoms with Crippen molar-refractivity contribution in [3.8, 4) is 5.75 Å². The minimum Gasteiger partial charge on any atom is -0.486 e. The standard InChI is InChI=1S/C23H21Cl2NO3S2/c1-14-4-6-15(7-5-14)13-29-21-18(24)9-16(10-19(21)25)11-20-22(27)26(23(30)31-20)12-17-3-2-8-28-17/h4-7,9-11,17H,2-3,8,12-13H2,1H3/b20-11-/t17-/m1/s1. The third-order valence-corrected chi connectivity index (χ3v) is 7.05. The quantitative estimate of drug-likeness (QED) is 0.350. The first-order valence-electron chi connectivity index (χ1n) is 9.95. The van der Waals surface area contributed by atoms with Crippen LogP contribution in [-0.2, 0) is 16.1 Å². The molecule has 2 aromatic carbocycles. The van der Waals surface area contributed by atoms with E-state index in [1.54, 1.807) is 23.1 Å². The van der Waals surface area contributed by atoms with Crippen LogP contribution in [-0.4, -0.2) is 34.4 Å². The Hall–Kier alpha value is -1.57. The van der Waals surface area contributed by atoms with Gasteiger partial charge in [0.1, 0.15) is 10.9 Å². The van der Waals surface area contributed by atoms with Crippen molar-refractivity contribution in [2.24, 2.45) is 0 Å². The second kappa shape index (κ2) is 9.92. The molecule has 162 valence electrons. The van der Waals surface area contributed by atoms with Crippen LogP contribution in [0.4, 0.5) is 0 Å². The smallest absolute Gasteiger partial charge is 0.266 e. The van der Waals surface area contributed by atoms with Crippen molar-refractivity contribution in [1.82, 2.24) is 4.90 Å². The van der Waals surface area contributed by atoms with Gasteiger partial charge in [0.15, 0.2) is 5.75 Å². The van der Waals surface area contributed by atoms with Crippen LogP contribution in [0.3, 0.4) is 0 Å². The normalized spacial score (nSPS) is 20.2. The minimum atomic E-state index is -0.113. The molecule has 0 saturated carbocycles. The van der Waals surface area contributed by atoms with Crippen molar-refractivity contribution in [1.29, 1.82) is 0 Å². The first kappa shape index (κ1) is 22.6. The van der Waals surface area contributed by atoms with E-state index in [9.17, 15) is 4.79 Å². The maximum atomic E-state index is 12.8. The molecule has 2 aliphatic rings. The van der Waals surface area contributed by atoms with Crippen LogP contribution in [0.1, 0.15) is 29.5 Å². The second-order valence-corrected chi connectivity index (χ2v) is 10.0. The highest BCUT2D eigenvalue weighted by molar-refractivity contribution is 8.26. The number of nitrogens with zero attached hydrogens (tertiary/aromatic N) is 1. The first-order chi connectivity index (χ1) is 14.9. The number of aryl methyl sites for hydroxylation is 1. The molecule has 4 nitrogen and oxygen atoms in total. The van der Waals surface area contributed by atoms with Crippen LogP contribution in [0.2, 0.25) is 10.0 Å². The largest absolute Gasteiger partial charge is 0.486 e. The van der Waals surface area contributed by atoms with E-state index in [0.29, 0.717) is 38.2 Å². The third kappa shape index (κ3) is 5.44. The molecule has 31 heavy (non-hydrogen) atoms. The highest BCUT2D eigenvalue weighted by Crippen LogP contribution is 2.38. The highest BCUT2D eigenvalue weighted by atomic mass is 35.5. The SMILES string of the molecule is Cc1ccc(COc2c(Cl)cc(/C=C3\SC(=S)N(C[C@H]4CCCO4)C3=O)cc2Cl)cc1. The lowest BCUT2D eigenvalue weighted by atomic mass is 10.1. The van der Waals surface area contributed by atoms with Crippen LogP contribution in [0, 0.1) is 6.92 Å². The molecule has 2 aromatic rings. The first-order valence-corrected chi connectivity index (χ1v) is 11.9. The van der Waals surface area contributed by atoms with Gasteiger partial charge in [-0.25, -0.2) is 0 Å². The fraction of sp³-hybridized carbons (Fsp3) is 0.304. The van der Waals surface area contributed by atoms with E-state index < -0.39 is 0 Å². The number of halogens is 2. The molecule has 2 heterocycles. The van der Waals surface area contributed by atoms with Crippen molar-refractivity contribution in [2.75, 3.05) is 13.2 Å². The molecule has 0 radical (unpaired) electrons. The number of carbonyl (C=O) groups excluding carboxylic acids is 1. The van der Waals surface area contributed by atoms with Crippen molar-refractivity contribution in [3.63, 3.8) is 0 Å². The number of hydrogen-bond donors (Lipinski definition) is 0. The minimum absolute atomic E-state index is 0.0516. The van der Waals surface area contributed by atoms with E-state index in [0.717, 1.165) is 30.6 Å². The number of amides is 1. The summed E-state index contributed by atoms with van der Waals surface area (Å²) >= 11 is 19.6. The molecule has 2 fully saturated rings. The van der Waals surface area contributed by atoms with Crippen LogP contribution in [0.5, 0.6) is 5.75 Å². The number of rotatable bonds is 6. The van der Waals surface area contributed by atoms with Gasteiger partial charge < -0.3 is 9.47 Å². The monoisotopic (exact) mass is 493 g/mol. The average Bonchev–Trinajstić information content (AvgIpc) is 3.33. The summed E-state index contributed by atoms with van der Waals surface area (Å²) < 4.78 is 12.0. The molecule has 1 amide bonds. The Labute approximate surface area is 201 Å². The zero-order chi connectivity index (χ0) is 22.0. The van der Waals surface area contributed by atoms with Gasteiger partial charge in [0, 0.05) is 6.61 Å². The van der Waals surface area contributed by atoms with E-state index >= 15 is 0 Å². The van der Waals surface area contributed by atoms with Crippen LogP contribution < -0.4 is 4.74 Å². The summed E-state index contributed by atoms with van der Waals surface area (Å²) in [5.74, 6) is 0.310. The summed E-state index contributed by atoms with van der Waals surface area (Å²) in [6.07, 6.45) is 3.78. The maximum Gasteiger partial charge on any atom is 0.266 e. The van der Waals surface area contributed by atoms with E-state index in [2.05, 4.69) is 0 Å². The molecule has 0 N–H and O–H groups in total. The van der Waals surface area contributed by atoms with E-state index in [1.807, 2.05) is 31.2 Å². The second-order valence-electron chi connectivity index (χ2n) is 7.52. The number of thiocarbonyl (C=S) groups is 1. The van der Waals surface area contributed by atoms with E-state index in [4.69, 9.17) is 44.9 Å². The zero-order valence-electron chi connectivity index (χ0n) is 16.9. The predicted molar refractivity (Wildman–Crippen MR) is 131 cm³/mol. The van der Waals surface area contributed by atoms with E-state index in [-0.39, 0.29) is 12.0 Å². The van der Waals surface area contributed by atoms with Gasteiger partial charge in [-0.15, -0.1) is 0 Å². The average molecular weight is 494 g/mol. The molecule has 0 aromatic heterocycles. The zero-order valence-corrected chi connectivity index (χ0v) is 20.0. The van der Waals surface area contributed by atoms with Crippen molar-refractivity contribution >= 4 is 63.5 Å². The van der Waals surface area contributed by atoms with Crippen molar-refractivity contribution in [2.45, 2.75) is 32.5 Å². The molecule has 4 rings (SSSR count). The molecular weight excluding hydrogens is 473 g/mol. The summed E-state index contributed by atoms with van der Waals surface area (Å²) in [7, 11) is 0. The number of thioether (sulfide) groups is 1. The number of carbonyl (C=O) groups is 1. The van der Waals surface area contributed by atoms with Gasteiger partial charge in [-0.3, -0.25) is 9.69 Å². The summed E-state index contributed by atoms with van der Waals surface area (Å²) in [4.78, 5) is 15.0. The molecule has 1 atom stereocenters. The number of hydrogen-bond acceptors (Lipinski definition) is 5. The third-order valence-electron chi connectivity index (χ3n) is 5.11. The fourth-order valence-electron chi connectivity index (χ4n) is 3.44. The Morgan fingerprint density at radius 3 is 2.61 bits per heavy atom. The summed E-state index contributed by atoms with van der Waals surface area (Å²) in [5.41, 5.74) is 2.93. The van der Waals surface area contributed by atoms with Gasteiger partial charge in [-0.1, -0.05) is 77.0 Å². The highest BCUT2D eigenvalue weighted by Gasteiger charge is 2.34. The summed E-state index contributed by atoms with van der Waals surface area (Å²) in [6, 6.07) is 11.5. The lowest BCUT2D eigenvalue weighted by molar-refractivity contribution is -0.123. The maximum absolute atomic E-state index is 12.8. The number of benzene rings is 2. The predicted octanol–water partition coefficient (Wildman–Crippen LogP) is 6.26. The van der Waals surface area contributed by atoms with Gasteiger partial charge in [0.25, 0.3) is 5.91 Å². The fourth-order valence-corrected chi connectivity index (χ4v) is 5.33. The van der Waals surface area contributed by atoms with Crippen LogP contribution in [0.25, 0.3) is 6.08 Å². The van der Waals surface area contributed by atoms with Gasteiger partial charge in [0.05, 0.1) is 27.6 Å². The van der Waals surface area contributed by atoms with Crippen molar-refractivity contribution < 1.29 is 14.3 Å². The summed E-state index contributed by atoms with van der Waals surface area (Å²) in [5, 5.41) is 0.779. The van der Waals surface area contributed by atoms with Gasteiger partial charge >= 0.3 is 0 Å². The number of ether oxygens (including phenoxy) is 2. The molecule has 2 aliphatic heterocycles. The Kier molecular flexibility index (Phi) is 7.24. The molecule has 0 bridgehead atoms. The Morgan fingerprint density at radius 2 is 1.97 bits per heavy atom. The van der Waals surface area contributed by atoms with Gasteiger partial charge in [-0.05, 0) is 49.1 Å². The molecule has 8 heteroatoms. The molecule has 0 aliphatic carbocycles. The molecule has 0 spiro atoms. The molecule has 2 saturated heterocycles. The lowest BCUT2D eigenvalue weighted by Crippen LogP contribution is -2.35. The molecule has 0 unspecified atom stereocenters. The Morgan fingerprint density at radius 1 is 1.26 bits per heavy atom.